The third kappa shape index (κ3) is 4.20. The van der Waals surface area contributed by atoms with Crippen molar-refractivity contribution in [2.45, 2.75) is 38.3 Å². The molecule has 0 radical (unpaired) electrons. The van der Waals surface area contributed by atoms with Gasteiger partial charge in [-0.05, 0) is 49.6 Å². The maximum atomic E-state index is 5.33. The largest absolute Gasteiger partial charge is 0.497 e. The fourth-order valence-corrected chi connectivity index (χ4v) is 3.64. The normalized spacial score (nSPS) is 20.5. The smallest absolute Gasteiger partial charge is 0.119 e. The Morgan fingerprint density at radius 2 is 2.21 bits per heavy atom. The van der Waals surface area contributed by atoms with Crippen LogP contribution >= 0.6 is 31.9 Å². The third-order valence-electron chi connectivity index (χ3n) is 3.82. The lowest BCUT2D eigenvalue weighted by Crippen LogP contribution is -2.39. The number of ether oxygens (including phenoxy) is 1. The van der Waals surface area contributed by atoms with Gasteiger partial charge in [0, 0.05) is 22.4 Å². The first-order valence-corrected chi connectivity index (χ1v) is 8.78. The molecular weight excluding hydrogens is 370 g/mol. The van der Waals surface area contributed by atoms with Gasteiger partial charge in [-0.2, -0.15) is 0 Å². The van der Waals surface area contributed by atoms with E-state index in [9.17, 15) is 0 Å². The van der Waals surface area contributed by atoms with Gasteiger partial charge >= 0.3 is 0 Å². The average Bonchev–Trinajstić information content (AvgIpc) is 2.43. The Bertz CT molecular complexity index is 409. The van der Waals surface area contributed by atoms with Crippen LogP contribution in [-0.2, 0) is 6.54 Å². The molecule has 2 rings (SSSR count). The van der Waals surface area contributed by atoms with E-state index < -0.39 is 0 Å². The summed E-state index contributed by atoms with van der Waals surface area (Å²) in [7, 11) is 1.72. The first-order chi connectivity index (χ1) is 9.24. The Morgan fingerprint density at radius 1 is 1.37 bits per heavy atom. The molecular formula is C15H21Br2NO. The van der Waals surface area contributed by atoms with E-state index in [-0.39, 0.29) is 0 Å². The highest BCUT2D eigenvalue weighted by molar-refractivity contribution is 9.10. The maximum absolute atomic E-state index is 5.33. The van der Waals surface area contributed by atoms with Gasteiger partial charge < -0.3 is 4.74 Å². The number of nitrogens with zero attached hydrogens (tertiary/aromatic N) is 1. The summed E-state index contributed by atoms with van der Waals surface area (Å²) < 4.78 is 6.50. The van der Waals surface area contributed by atoms with Gasteiger partial charge in [-0.15, -0.1) is 0 Å². The highest BCUT2D eigenvalue weighted by Crippen LogP contribution is 2.27. The number of benzene rings is 1. The van der Waals surface area contributed by atoms with Crippen LogP contribution in [-0.4, -0.2) is 29.9 Å². The van der Waals surface area contributed by atoms with E-state index >= 15 is 0 Å². The van der Waals surface area contributed by atoms with E-state index in [1.807, 2.05) is 6.07 Å². The molecule has 1 saturated heterocycles. The van der Waals surface area contributed by atoms with Crippen molar-refractivity contribution in [3.63, 3.8) is 0 Å². The van der Waals surface area contributed by atoms with E-state index in [1.54, 1.807) is 7.11 Å². The first-order valence-electron chi connectivity index (χ1n) is 6.87. The Kier molecular flexibility index (Phi) is 6.17. The van der Waals surface area contributed by atoms with Gasteiger partial charge in [0.15, 0.2) is 0 Å². The van der Waals surface area contributed by atoms with Crippen LogP contribution in [0, 0.1) is 0 Å². The summed E-state index contributed by atoms with van der Waals surface area (Å²) >= 11 is 7.23. The van der Waals surface area contributed by atoms with Crippen molar-refractivity contribution in [2.24, 2.45) is 0 Å². The fourth-order valence-electron chi connectivity index (χ4n) is 2.74. The number of hydrogen-bond donors (Lipinski definition) is 0. The predicted octanol–water partition coefficient (Wildman–Crippen LogP) is 4.60. The zero-order chi connectivity index (χ0) is 13.7. The quantitative estimate of drug-likeness (QED) is 0.681. The minimum absolute atomic E-state index is 0.714. The number of methoxy groups -OCH3 is 1. The standard InChI is InChI=1S/C15H21Br2NO/c1-19-14-5-6-15(17)12(10-14)11-18-9-3-2-4-13(18)7-8-16/h5-6,10,13H,2-4,7-9,11H2,1H3. The van der Waals surface area contributed by atoms with E-state index in [0.717, 1.165) is 17.6 Å². The van der Waals surface area contributed by atoms with Gasteiger partial charge in [0.1, 0.15) is 5.75 Å². The molecule has 1 aromatic rings. The molecule has 1 aliphatic heterocycles. The van der Waals surface area contributed by atoms with Crippen LogP contribution in [0.5, 0.6) is 5.75 Å². The molecule has 1 aliphatic rings. The number of likely N-dealkylation sites (tertiary alicyclic amines) is 1. The highest BCUT2D eigenvalue weighted by atomic mass is 79.9. The first kappa shape index (κ1) is 15.3. The van der Waals surface area contributed by atoms with Crippen LogP contribution in [0.1, 0.15) is 31.2 Å². The Hall–Kier alpha value is -0.0600. The molecule has 4 heteroatoms. The number of piperidine rings is 1. The molecule has 1 atom stereocenters. The van der Waals surface area contributed by atoms with Crippen molar-refractivity contribution < 1.29 is 4.74 Å². The second kappa shape index (κ2) is 7.65. The summed E-state index contributed by atoms with van der Waals surface area (Å²) in [6, 6.07) is 6.94. The Morgan fingerprint density at radius 3 is 2.95 bits per heavy atom. The highest BCUT2D eigenvalue weighted by Gasteiger charge is 2.22. The molecule has 106 valence electrons. The van der Waals surface area contributed by atoms with Gasteiger partial charge in [-0.3, -0.25) is 4.90 Å². The lowest BCUT2D eigenvalue weighted by Gasteiger charge is -2.35. The minimum atomic E-state index is 0.714. The predicted molar refractivity (Wildman–Crippen MR) is 87.2 cm³/mol. The Labute approximate surface area is 132 Å². The zero-order valence-electron chi connectivity index (χ0n) is 11.4. The van der Waals surface area contributed by atoms with Crippen LogP contribution in [0.2, 0.25) is 0 Å². The molecule has 0 spiro atoms. The fraction of sp³-hybridized carbons (Fsp3) is 0.600. The number of rotatable bonds is 5. The lowest BCUT2D eigenvalue weighted by molar-refractivity contribution is 0.137. The second-order valence-corrected chi connectivity index (χ2v) is 6.70. The second-order valence-electron chi connectivity index (χ2n) is 5.06. The van der Waals surface area contributed by atoms with Gasteiger partial charge in [0.25, 0.3) is 0 Å². The van der Waals surface area contributed by atoms with Crippen molar-refractivity contribution in [2.75, 3.05) is 19.0 Å². The monoisotopic (exact) mass is 389 g/mol. The van der Waals surface area contributed by atoms with Crippen molar-refractivity contribution in [3.8, 4) is 5.75 Å². The van der Waals surface area contributed by atoms with Gasteiger partial charge in [-0.25, -0.2) is 0 Å². The van der Waals surface area contributed by atoms with Crippen LogP contribution in [0.3, 0.4) is 0 Å². The maximum Gasteiger partial charge on any atom is 0.119 e. The zero-order valence-corrected chi connectivity index (χ0v) is 14.5. The summed E-state index contributed by atoms with van der Waals surface area (Å²) in [5, 5.41) is 1.09. The minimum Gasteiger partial charge on any atom is -0.497 e. The van der Waals surface area contributed by atoms with Crippen molar-refractivity contribution in [1.29, 1.82) is 0 Å². The van der Waals surface area contributed by atoms with E-state index in [0.29, 0.717) is 6.04 Å². The summed E-state index contributed by atoms with van der Waals surface area (Å²) in [6.45, 7) is 2.22. The summed E-state index contributed by atoms with van der Waals surface area (Å²) in [4.78, 5) is 2.62. The van der Waals surface area contributed by atoms with Gasteiger partial charge in [-0.1, -0.05) is 38.3 Å². The topological polar surface area (TPSA) is 12.5 Å². The van der Waals surface area contributed by atoms with Crippen molar-refractivity contribution in [1.82, 2.24) is 4.90 Å². The molecule has 0 amide bonds. The molecule has 1 fully saturated rings. The van der Waals surface area contributed by atoms with Crippen LogP contribution in [0.15, 0.2) is 22.7 Å². The SMILES string of the molecule is COc1ccc(Br)c(CN2CCCCC2CCBr)c1. The molecule has 1 aromatic carbocycles. The lowest BCUT2D eigenvalue weighted by atomic mass is 9.99. The molecule has 0 N–H and O–H groups in total. The van der Waals surface area contributed by atoms with Crippen molar-refractivity contribution in [3.05, 3.63) is 28.2 Å². The molecule has 0 aliphatic carbocycles. The molecule has 1 heterocycles. The van der Waals surface area contributed by atoms with Crippen LogP contribution in [0.4, 0.5) is 0 Å². The van der Waals surface area contributed by atoms with Gasteiger partial charge in [0.05, 0.1) is 7.11 Å². The molecule has 0 bridgehead atoms. The van der Waals surface area contributed by atoms with E-state index in [2.05, 4.69) is 48.9 Å². The average molecular weight is 391 g/mol. The molecule has 1 unspecified atom stereocenters. The van der Waals surface area contributed by atoms with Gasteiger partial charge in [0.2, 0.25) is 0 Å². The van der Waals surface area contributed by atoms with E-state index in [1.165, 1.54) is 42.3 Å². The van der Waals surface area contributed by atoms with Crippen LogP contribution in [0.25, 0.3) is 0 Å². The third-order valence-corrected chi connectivity index (χ3v) is 5.05. The molecule has 0 aromatic heterocycles. The van der Waals surface area contributed by atoms with E-state index in [4.69, 9.17) is 4.74 Å². The number of hydrogen-bond acceptors (Lipinski definition) is 2. The molecule has 0 saturated carbocycles. The number of halogens is 2. The summed E-state index contributed by atoms with van der Waals surface area (Å²) in [5.41, 5.74) is 1.32. The Balaban J connectivity index is 2.09. The molecule has 19 heavy (non-hydrogen) atoms. The van der Waals surface area contributed by atoms with Crippen LogP contribution < -0.4 is 4.74 Å². The molecule has 2 nitrogen and oxygen atoms in total. The summed E-state index contributed by atoms with van der Waals surface area (Å²) in [5.74, 6) is 0.937. The number of alkyl halides is 1. The summed E-state index contributed by atoms with van der Waals surface area (Å²) in [6.07, 6.45) is 5.25. The van der Waals surface area contributed by atoms with Crippen molar-refractivity contribution >= 4 is 31.9 Å².